The highest BCUT2D eigenvalue weighted by Gasteiger charge is 2.28. The van der Waals surface area contributed by atoms with Crippen molar-refractivity contribution < 1.29 is 4.79 Å². The zero-order chi connectivity index (χ0) is 15.6. The highest BCUT2D eigenvalue weighted by molar-refractivity contribution is 5.96. The molecule has 23 heavy (non-hydrogen) atoms. The number of anilines is 1. The molecular formula is C19H27N3O. The minimum absolute atomic E-state index is 0.266. The van der Waals surface area contributed by atoms with E-state index < -0.39 is 0 Å². The van der Waals surface area contributed by atoms with Gasteiger partial charge in [-0.05, 0) is 36.8 Å². The summed E-state index contributed by atoms with van der Waals surface area (Å²) in [6, 6.07) is 8.32. The Labute approximate surface area is 139 Å². The Balaban J connectivity index is 1.27. The second-order valence-corrected chi connectivity index (χ2v) is 7.30. The van der Waals surface area contributed by atoms with Crippen molar-refractivity contribution in [3.8, 4) is 0 Å². The van der Waals surface area contributed by atoms with E-state index in [0.717, 1.165) is 50.7 Å². The van der Waals surface area contributed by atoms with E-state index in [2.05, 4.69) is 28.0 Å². The predicted octanol–water partition coefficient (Wildman–Crippen LogP) is 1.99. The van der Waals surface area contributed by atoms with Crippen LogP contribution in [0.1, 0.15) is 24.8 Å². The standard InChI is InChI=1S/C19H27N3O/c23-19(22-9-8-17-6-1-2-7-18(17)22)15-21-12-10-20(11-13-21)14-16-4-3-5-16/h1-2,6-7,16H,3-5,8-15H2. The topological polar surface area (TPSA) is 26.8 Å². The van der Waals surface area contributed by atoms with Crippen LogP contribution in [0.15, 0.2) is 24.3 Å². The average Bonchev–Trinajstić information content (AvgIpc) is 2.96. The number of fused-ring (bicyclic) bond motifs is 1. The van der Waals surface area contributed by atoms with Gasteiger partial charge in [0.15, 0.2) is 0 Å². The Morgan fingerprint density at radius 2 is 1.74 bits per heavy atom. The lowest BCUT2D eigenvalue weighted by atomic mass is 9.85. The fourth-order valence-corrected chi connectivity index (χ4v) is 4.04. The maximum atomic E-state index is 12.7. The molecule has 2 heterocycles. The average molecular weight is 313 g/mol. The lowest BCUT2D eigenvalue weighted by Crippen LogP contribution is -2.51. The van der Waals surface area contributed by atoms with Crippen molar-refractivity contribution >= 4 is 11.6 Å². The zero-order valence-electron chi connectivity index (χ0n) is 13.9. The molecule has 3 aliphatic rings. The molecule has 0 bridgehead atoms. The molecule has 1 aromatic rings. The molecule has 0 spiro atoms. The largest absolute Gasteiger partial charge is 0.311 e. The summed E-state index contributed by atoms with van der Waals surface area (Å²) in [5.74, 6) is 1.21. The summed E-state index contributed by atoms with van der Waals surface area (Å²) in [4.78, 5) is 19.6. The van der Waals surface area contributed by atoms with Gasteiger partial charge in [-0.1, -0.05) is 24.6 Å². The number of nitrogens with zero attached hydrogens (tertiary/aromatic N) is 3. The molecule has 1 amide bonds. The number of hydrogen-bond acceptors (Lipinski definition) is 3. The number of hydrogen-bond donors (Lipinski definition) is 0. The first kappa shape index (κ1) is 15.2. The van der Waals surface area contributed by atoms with Crippen molar-refractivity contribution in [1.29, 1.82) is 0 Å². The van der Waals surface area contributed by atoms with Crippen LogP contribution in [0.4, 0.5) is 5.69 Å². The van der Waals surface area contributed by atoms with E-state index in [1.54, 1.807) is 0 Å². The first-order chi connectivity index (χ1) is 11.3. The molecule has 2 aliphatic heterocycles. The van der Waals surface area contributed by atoms with Crippen LogP contribution >= 0.6 is 0 Å². The third kappa shape index (κ3) is 3.29. The van der Waals surface area contributed by atoms with Gasteiger partial charge in [0, 0.05) is 45.0 Å². The van der Waals surface area contributed by atoms with E-state index in [0.29, 0.717) is 6.54 Å². The summed E-state index contributed by atoms with van der Waals surface area (Å²) in [5, 5.41) is 0. The van der Waals surface area contributed by atoms with Crippen LogP contribution in [-0.4, -0.2) is 61.5 Å². The fourth-order valence-electron chi connectivity index (χ4n) is 4.04. The van der Waals surface area contributed by atoms with E-state index in [1.807, 2.05) is 11.0 Å². The van der Waals surface area contributed by atoms with Crippen LogP contribution in [0.2, 0.25) is 0 Å². The first-order valence-corrected chi connectivity index (χ1v) is 9.12. The van der Waals surface area contributed by atoms with Gasteiger partial charge in [-0.25, -0.2) is 0 Å². The molecule has 4 rings (SSSR count). The summed E-state index contributed by atoms with van der Waals surface area (Å²) >= 11 is 0. The lowest BCUT2D eigenvalue weighted by Gasteiger charge is -2.38. The number of amides is 1. The third-order valence-corrected chi connectivity index (χ3v) is 5.75. The minimum atomic E-state index is 0.266. The summed E-state index contributed by atoms with van der Waals surface area (Å²) < 4.78 is 0. The van der Waals surface area contributed by atoms with Crippen LogP contribution in [-0.2, 0) is 11.2 Å². The smallest absolute Gasteiger partial charge is 0.241 e. The number of piperazine rings is 1. The third-order valence-electron chi connectivity index (χ3n) is 5.75. The van der Waals surface area contributed by atoms with Crippen LogP contribution in [0, 0.1) is 5.92 Å². The van der Waals surface area contributed by atoms with Crippen molar-refractivity contribution in [3.63, 3.8) is 0 Å². The summed E-state index contributed by atoms with van der Waals surface area (Å²) in [6.07, 6.45) is 5.27. The fraction of sp³-hybridized carbons (Fsp3) is 0.632. The van der Waals surface area contributed by atoms with E-state index in [-0.39, 0.29) is 5.91 Å². The Kier molecular flexibility index (Phi) is 4.36. The molecule has 0 aromatic heterocycles. The molecular weight excluding hydrogens is 286 g/mol. The molecule has 4 nitrogen and oxygen atoms in total. The molecule has 2 fully saturated rings. The molecule has 124 valence electrons. The highest BCUT2D eigenvalue weighted by Crippen LogP contribution is 2.28. The molecule has 1 saturated carbocycles. The van der Waals surface area contributed by atoms with E-state index >= 15 is 0 Å². The van der Waals surface area contributed by atoms with Crippen molar-refractivity contribution in [2.75, 3.05) is 50.7 Å². The van der Waals surface area contributed by atoms with Gasteiger partial charge >= 0.3 is 0 Å². The summed E-state index contributed by atoms with van der Waals surface area (Å²) in [6.45, 7) is 7.02. The Morgan fingerprint density at radius 1 is 1.00 bits per heavy atom. The van der Waals surface area contributed by atoms with Gasteiger partial charge in [0.05, 0.1) is 6.54 Å². The monoisotopic (exact) mass is 313 g/mol. The summed E-state index contributed by atoms with van der Waals surface area (Å²) in [5.41, 5.74) is 2.44. The van der Waals surface area contributed by atoms with Gasteiger partial charge in [0.25, 0.3) is 0 Å². The molecule has 1 aromatic carbocycles. The zero-order valence-corrected chi connectivity index (χ0v) is 13.9. The van der Waals surface area contributed by atoms with Crippen molar-refractivity contribution in [3.05, 3.63) is 29.8 Å². The Hall–Kier alpha value is -1.39. The van der Waals surface area contributed by atoms with Crippen LogP contribution < -0.4 is 4.90 Å². The Bertz CT molecular complexity index is 561. The number of para-hydroxylation sites is 1. The maximum absolute atomic E-state index is 12.7. The molecule has 0 N–H and O–H groups in total. The highest BCUT2D eigenvalue weighted by atomic mass is 16.2. The Morgan fingerprint density at radius 3 is 2.48 bits per heavy atom. The van der Waals surface area contributed by atoms with Gasteiger partial charge in [0.2, 0.25) is 5.91 Å². The van der Waals surface area contributed by atoms with Gasteiger partial charge in [-0.3, -0.25) is 9.69 Å². The summed E-state index contributed by atoms with van der Waals surface area (Å²) in [7, 11) is 0. The van der Waals surface area contributed by atoms with E-state index in [1.165, 1.54) is 31.4 Å². The van der Waals surface area contributed by atoms with Crippen molar-refractivity contribution in [1.82, 2.24) is 9.80 Å². The van der Waals surface area contributed by atoms with Crippen molar-refractivity contribution in [2.24, 2.45) is 5.92 Å². The predicted molar refractivity (Wildman–Crippen MR) is 92.7 cm³/mol. The lowest BCUT2D eigenvalue weighted by molar-refractivity contribution is -0.120. The number of benzene rings is 1. The van der Waals surface area contributed by atoms with Gasteiger partial charge in [0.1, 0.15) is 0 Å². The molecule has 0 unspecified atom stereocenters. The molecule has 1 aliphatic carbocycles. The molecule has 4 heteroatoms. The van der Waals surface area contributed by atoms with Gasteiger partial charge in [-0.2, -0.15) is 0 Å². The van der Waals surface area contributed by atoms with Gasteiger partial charge < -0.3 is 9.80 Å². The number of carbonyl (C=O) groups is 1. The minimum Gasteiger partial charge on any atom is -0.311 e. The van der Waals surface area contributed by atoms with Crippen molar-refractivity contribution in [2.45, 2.75) is 25.7 Å². The second kappa shape index (κ2) is 6.62. The first-order valence-electron chi connectivity index (χ1n) is 9.12. The normalized spacial score (nSPS) is 22.9. The molecule has 0 atom stereocenters. The molecule has 1 saturated heterocycles. The van der Waals surface area contributed by atoms with Crippen LogP contribution in [0.5, 0.6) is 0 Å². The van der Waals surface area contributed by atoms with Crippen LogP contribution in [0.25, 0.3) is 0 Å². The second-order valence-electron chi connectivity index (χ2n) is 7.30. The van der Waals surface area contributed by atoms with E-state index in [4.69, 9.17) is 0 Å². The van der Waals surface area contributed by atoms with Crippen LogP contribution in [0.3, 0.4) is 0 Å². The molecule has 0 radical (unpaired) electrons. The maximum Gasteiger partial charge on any atom is 0.241 e. The SMILES string of the molecule is O=C(CN1CCN(CC2CCC2)CC1)N1CCc2ccccc21. The quantitative estimate of drug-likeness (QED) is 0.850. The van der Waals surface area contributed by atoms with E-state index in [9.17, 15) is 4.79 Å². The number of carbonyl (C=O) groups excluding carboxylic acids is 1. The number of rotatable bonds is 4. The van der Waals surface area contributed by atoms with Gasteiger partial charge in [-0.15, -0.1) is 0 Å².